The van der Waals surface area contributed by atoms with Gasteiger partial charge in [-0.3, -0.25) is 0 Å². The van der Waals surface area contributed by atoms with Gasteiger partial charge in [-0.15, -0.1) is 0 Å². The average Bonchev–Trinajstić information content (AvgIpc) is 1.61. The molecule has 0 aromatic heterocycles. The number of oxime groups is 1. The first-order valence-corrected chi connectivity index (χ1v) is 1.81. The Morgan fingerprint density at radius 2 is 2.29 bits per heavy atom. The molecule has 0 aromatic carbocycles. The van der Waals surface area contributed by atoms with E-state index in [2.05, 4.69) is 9.99 Å². The van der Waals surface area contributed by atoms with E-state index in [0.29, 0.717) is 5.71 Å². The molecule has 39 valence electrons. The molecule has 0 fully saturated rings. The molecule has 0 aliphatic heterocycles. The Morgan fingerprint density at radius 3 is 2.43 bits per heavy atom. The van der Waals surface area contributed by atoms with Crippen LogP contribution in [-0.4, -0.2) is 12.2 Å². The maximum absolute atomic E-state index is 9.25. The second-order valence-electron chi connectivity index (χ2n) is 1.21. The standard InChI is InChI=1S/C4H6NO2/c1-4(2)5-7-3-6/h1-2H3. The number of hydrogen-bond acceptors (Lipinski definition) is 3. The van der Waals surface area contributed by atoms with Crippen LogP contribution in [0.3, 0.4) is 0 Å². The summed E-state index contributed by atoms with van der Waals surface area (Å²) in [5.41, 5.74) is 0.698. The van der Waals surface area contributed by atoms with Gasteiger partial charge in [-0.05, 0) is 13.8 Å². The van der Waals surface area contributed by atoms with Gasteiger partial charge in [0.1, 0.15) is 0 Å². The normalized spacial score (nSPS) is 7.14. The smallest absolute Gasteiger partial charge is 0.306 e. The van der Waals surface area contributed by atoms with Gasteiger partial charge in [0.15, 0.2) is 0 Å². The first-order valence-electron chi connectivity index (χ1n) is 1.81. The van der Waals surface area contributed by atoms with Crippen LogP contribution < -0.4 is 0 Å². The van der Waals surface area contributed by atoms with Crippen LogP contribution in [0.2, 0.25) is 0 Å². The zero-order valence-corrected chi connectivity index (χ0v) is 4.26. The highest BCUT2D eigenvalue weighted by atomic mass is 16.7. The van der Waals surface area contributed by atoms with Crippen molar-refractivity contribution in [3.05, 3.63) is 0 Å². The Labute approximate surface area is 42.0 Å². The molecule has 0 aliphatic carbocycles. The van der Waals surface area contributed by atoms with Crippen molar-refractivity contribution in [2.24, 2.45) is 5.16 Å². The molecule has 0 aromatic rings. The summed E-state index contributed by atoms with van der Waals surface area (Å²) in [4.78, 5) is 13.1. The van der Waals surface area contributed by atoms with Gasteiger partial charge in [0.2, 0.25) is 0 Å². The summed E-state index contributed by atoms with van der Waals surface area (Å²) < 4.78 is 0. The monoisotopic (exact) mass is 100 g/mol. The fourth-order valence-corrected chi connectivity index (χ4v) is 0.110. The first kappa shape index (κ1) is 6.14. The van der Waals surface area contributed by atoms with Crippen molar-refractivity contribution in [3.8, 4) is 0 Å². The minimum atomic E-state index is 0.698. The average molecular weight is 100 g/mol. The van der Waals surface area contributed by atoms with Crippen molar-refractivity contribution >= 4 is 12.2 Å². The van der Waals surface area contributed by atoms with E-state index in [1.54, 1.807) is 13.8 Å². The van der Waals surface area contributed by atoms with Crippen molar-refractivity contribution in [1.82, 2.24) is 0 Å². The van der Waals surface area contributed by atoms with Crippen LogP contribution >= 0.6 is 0 Å². The van der Waals surface area contributed by atoms with Gasteiger partial charge in [0.05, 0.1) is 5.71 Å². The van der Waals surface area contributed by atoms with Gasteiger partial charge in [-0.25, -0.2) is 4.79 Å². The van der Waals surface area contributed by atoms with Gasteiger partial charge in [0, 0.05) is 0 Å². The van der Waals surface area contributed by atoms with Crippen molar-refractivity contribution in [1.29, 1.82) is 0 Å². The van der Waals surface area contributed by atoms with E-state index < -0.39 is 0 Å². The van der Waals surface area contributed by atoms with E-state index in [9.17, 15) is 4.79 Å². The molecule has 0 saturated heterocycles. The van der Waals surface area contributed by atoms with Crippen molar-refractivity contribution < 1.29 is 9.63 Å². The van der Waals surface area contributed by atoms with E-state index in [1.807, 2.05) is 0 Å². The maximum atomic E-state index is 9.25. The number of hydrogen-bond donors (Lipinski definition) is 0. The zero-order valence-electron chi connectivity index (χ0n) is 4.26. The van der Waals surface area contributed by atoms with Gasteiger partial charge in [0.25, 0.3) is 0 Å². The molecular weight excluding hydrogens is 94.0 g/mol. The lowest BCUT2D eigenvalue weighted by Crippen LogP contribution is -1.82. The molecule has 0 spiro atoms. The molecule has 1 radical (unpaired) electrons. The van der Waals surface area contributed by atoms with Gasteiger partial charge in [-0.1, -0.05) is 5.16 Å². The van der Waals surface area contributed by atoms with E-state index >= 15 is 0 Å². The Morgan fingerprint density at radius 1 is 1.71 bits per heavy atom. The molecule has 0 unspecified atom stereocenters. The Balaban J connectivity index is 3.25. The Hall–Kier alpha value is -0.860. The second kappa shape index (κ2) is 3.33. The topological polar surface area (TPSA) is 38.7 Å². The van der Waals surface area contributed by atoms with Crippen LogP contribution in [0.1, 0.15) is 13.8 Å². The van der Waals surface area contributed by atoms with Crippen LogP contribution in [0.5, 0.6) is 0 Å². The van der Waals surface area contributed by atoms with Crippen molar-refractivity contribution in [2.45, 2.75) is 13.8 Å². The van der Waals surface area contributed by atoms with Crippen molar-refractivity contribution in [3.63, 3.8) is 0 Å². The molecule has 0 aliphatic rings. The molecule has 3 nitrogen and oxygen atoms in total. The molecule has 0 N–H and O–H groups in total. The third kappa shape index (κ3) is 5.14. The molecule has 0 amide bonds. The summed E-state index contributed by atoms with van der Waals surface area (Å²) in [6, 6.07) is 0. The highest BCUT2D eigenvalue weighted by Gasteiger charge is 1.74. The van der Waals surface area contributed by atoms with Crippen LogP contribution in [0.25, 0.3) is 0 Å². The molecule has 0 bridgehead atoms. The predicted octanol–water partition coefficient (Wildman–Crippen LogP) is 0.466. The largest absolute Gasteiger partial charge is 0.445 e. The van der Waals surface area contributed by atoms with Crippen LogP contribution in [0.4, 0.5) is 0 Å². The maximum Gasteiger partial charge on any atom is 0.445 e. The number of rotatable bonds is 2. The van der Waals surface area contributed by atoms with Crippen molar-refractivity contribution in [2.75, 3.05) is 0 Å². The predicted molar refractivity (Wildman–Crippen MR) is 25.6 cm³/mol. The van der Waals surface area contributed by atoms with Crippen LogP contribution in [-0.2, 0) is 9.63 Å². The minimum Gasteiger partial charge on any atom is -0.306 e. The van der Waals surface area contributed by atoms with Crippen LogP contribution in [0.15, 0.2) is 5.16 Å². The fraction of sp³-hybridized carbons (Fsp3) is 0.500. The molecule has 0 atom stereocenters. The summed E-state index contributed by atoms with van der Waals surface area (Å²) >= 11 is 0. The summed E-state index contributed by atoms with van der Waals surface area (Å²) in [7, 11) is 0. The second-order valence-corrected chi connectivity index (χ2v) is 1.21. The third-order valence-electron chi connectivity index (χ3n) is 0.265. The fourth-order valence-electron chi connectivity index (χ4n) is 0.110. The molecular formula is C4H6NO2. The quantitative estimate of drug-likeness (QED) is 0.287. The SMILES string of the molecule is CC(C)=NO[C]=O. The van der Waals surface area contributed by atoms with E-state index in [0.717, 1.165) is 6.47 Å². The zero-order chi connectivity index (χ0) is 5.70. The molecule has 0 heterocycles. The summed E-state index contributed by atoms with van der Waals surface area (Å²) in [6.07, 6.45) is 0. The highest BCUT2D eigenvalue weighted by Crippen LogP contribution is 1.72. The first-order chi connectivity index (χ1) is 3.27. The summed E-state index contributed by atoms with van der Waals surface area (Å²) in [5.74, 6) is 0. The van der Waals surface area contributed by atoms with Crippen LogP contribution in [0, 0.1) is 0 Å². The lowest BCUT2D eigenvalue weighted by molar-refractivity contribution is 0.295. The lowest BCUT2D eigenvalue weighted by Gasteiger charge is -1.80. The Kier molecular flexibility index (Phi) is 2.92. The number of carbonyl (C=O) groups excluding carboxylic acids is 1. The summed E-state index contributed by atoms with van der Waals surface area (Å²) in [6.45, 7) is 4.60. The van der Waals surface area contributed by atoms with Gasteiger partial charge in [-0.2, -0.15) is 0 Å². The highest BCUT2D eigenvalue weighted by molar-refractivity contribution is 5.78. The third-order valence-corrected chi connectivity index (χ3v) is 0.265. The minimum absolute atomic E-state index is 0.698. The van der Waals surface area contributed by atoms with Gasteiger partial charge < -0.3 is 4.84 Å². The van der Waals surface area contributed by atoms with E-state index in [1.165, 1.54) is 0 Å². The molecule has 0 rings (SSSR count). The van der Waals surface area contributed by atoms with E-state index in [-0.39, 0.29) is 0 Å². The Bertz CT molecular complexity index is 83.7. The lowest BCUT2D eigenvalue weighted by atomic mass is 10.5. The van der Waals surface area contributed by atoms with Gasteiger partial charge >= 0.3 is 6.47 Å². The molecule has 0 saturated carbocycles. The molecule has 7 heavy (non-hydrogen) atoms. The molecule has 3 heteroatoms. The van der Waals surface area contributed by atoms with E-state index in [4.69, 9.17) is 0 Å². The summed E-state index contributed by atoms with van der Waals surface area (Å²) in [5, 5.41) is 3.24. The number of nitrogens with zero attached hydrogens (tertiary/aromatic N) is 1.